The Hall–Kier alpha value is -2.43. The predicted octanol–water partition coefficient (Wildman–Crippen LogP) is 3.65. The third-order valence-electron chi connectivity index (χ3n) is 3.71. The summed E-state index contributed by atoms with van der Waals surface area (Å²) in [6.07, 6.45) is 6.21. The van der Waals surface area contributed by atoms with Crippen molar-refractivity contribution in [2.45, 2.75) is 33.1 Å². The molecule has 0 aliphatic rings. The van der Waals surface area contributed by atoms with Gasteiger partial charge >= 0.3 is 0 Å². The molecule has 1 amide bonds. The molecule has 0 radical (unpaired) electrons. The highest BCUT2D eigenvalue weighted by Crippen LogP contribution is 2.14. The summed E-state index contributed by atoms with van der Waals surface area (Å²) in [6.45, 7) is 4.98. The number of amides is 1. The van der Waals surface area contributed by atoms with Gasteiger partial charge in [-0.2, -0.15) is 0 Å². The van der Waals surface area contributed by atoms with E-state index in [4.69, 9.17) is 0 Å². The molecule has 0 bridgehead atoms. The lowest BCUT2D eigenvalue weighted by atomic mass is 10.1. The molecule has 1 aromatic carbocycles. The van der Waals surface area contributed by atoms with E-state index in [2.05, 4.69) is 41.3 Å². The average Bonchev–Trinajstić information content (AvgIpc) is 2.60. The van der Waals surface area contributed by atoms with Crippen LogP contribution >= 0.6 is 0 Å². The fourth-order valence-corrected chi connectivity index (χ4v) is 2.17. The molecular weight excluding hydrogens is 288 g/mol. The Morgan fingerprint density at radius 2 is 1.78 bits per heavy atom. The Bertz CT molecular complexity index is 622. The molecule has 2 aromatic rings. The van der Waals surface area contributed by atoms with E-state index < -0.39 is 0 Å². The van der Waals surface area contributed by atoms with E-state index in [1.165, 1.54) is 5.56 Å². The molecule has 1 heterocycles. The lowest BCUT2D eigenvalue weighted by molar-refractivity contribution is 0.0792. The monoisotopic (exact) mass is 312 g/mol. The summed E-state index contributed by atoms with van der Waals surface area (Å²) in [7, 11) is 1.80. The first kappa shape index (κ1) is 16.9. The van der Waals surface area contributed by atoms with Gasteiger partial charge in [-0.15, -0.1) is 0 Å². The fourth-order valence-electron chi connectivity index (χ4n) is 2.17. The van der Waals surface area contributed by atoms with Crippen molar-refractivity contribution < 1.29 is 4.79 Å². The largest absolute Gasteiger partial charge is 0.342 e. The summed E-state index contributed by atoms with van der Waals surface area (Å²) < 4.78 is 0. The van der Waals surface area contributed by atoms with Crippen molar-refractivity contribution in [3.05, 3.63) is 47.8 Å². The minimum atomic E-state index is -0.0442. The van der Waals surface area contributed by atoms with Crippen LogP contribution < -0.4 is 5.32 Å². The van der Waals surface area contributed by atoms with Gasteiger partial charge in [0, 0.05) is 31.7 Å². The van der Waals surface area contributed by atoms with Crippen molar-refractivity contribution in [2.75, 3.05) is 18.9 Å². The van der Waals surface area contributed by atoms with Crippen molar-refractivity contribution >= 4 is 17.5 Å². The zero-order chi connectivity index (χ0) is 16.7. The highest BCUT2D eigenvalue weighted by Gasteiger charge is 2.12. The first-order chi connectivity index (χ1) is 11.1. The highest BCUT2D eigenvalue weighted by atomic mass is 16.2. The van der Waals surface area contributed by atoms with Gasteiger partial charge in [-0.1, -0.05) is 32.4 Å². The van der Waals surface area contributed by atoms with E-state index in [0.717, 1.165) is 31.5 Å². The van der Waals surface area contributed by atoms with Gasteiger partial charge in [0.05, 0.1) is 5.56 Å². The lowest BCUT2D eigenvalue weighted by Gasteiger charge is -2.16. The molecule has 0 unspecified atom stereocenters. The van der Waals surface area contributed by atoms with Crippen molar-refractivity contribution in [1.29, 1.82) is 0 Å². The van der Waals surface area contributed by atoms with Crippen LogP contribution in [0.3, 0.4) is 0 Å². The molecule has 0 saturated heterocycles. The molecule has 2 rings (SSSR count). The van der Waals surface area contributed by atoms with Crippen LogP contribution in [-0.4, -0.2) is 34.4 Å². The van der Waals surface area contributed by atoms with E-state index in [1.54, 1.807) is 24.3 Å². The van der Waals surface area contributed by atoms with E-state index >= 15 is 0 Å². The average molecular weight is 312 g/mol. The summed E-state index contributed by atoms with van der Waals surface area (Å²) in [4.78, 5) is 22.4. The Balaban J connectivity index is 1.99. The van der Waals surface area contributed by atoms with Gasteiger partial charge in [-0.05, 0) is 30.5 Å². The SMILES string of the molecule is CCCCN(C)C(=O)c1cnc(Nc2ccc(CC)cc2)nc1. The molecule has 1 N–H and O–H groups in total. The standard InChI is InChI=1S/C18H24N4O/c1-4-6-11-22(3)17(23)15-12-19-18(20-13-15)21-16-9-7-14(5-2)8-10-16/h7-10,12-13H,4-6,11H2,1-3H3,(H,19,20,21). The second-order valence-electron chi connectivity index (χ2n) is 5.55. The summed E-state index contributed by atoms with van der Waals surface area (Å²) in [6, 6.07) is 8.14. The minimum absolute atomic E-state index is 0.0442. The van der Waals surface area contributed by atoms with Gasteiger partial charge in [0.2, 0.25) is 5.95 Å². The molecule has 0 aliphatic heterocycles. The number of nitrogens with zero attached hydrogens (tertiary/aromatic N) is 3. The van der Waals surface area contributed by atoms with Crippen LogP contribution in [0, 0.1) is 0 Å². The Labute approximate surface area is 137 Å². The fraction of sp³-hybridized carbons (Fsp3) is 0.389. The maximum atomic E-state index is 12.2. The molecule has 0 spiro atoms. The normalized spacial score (nSPS) is 10.4. The van der Waals surface area contributed by atoms with Crippen LogP contribution in [0.1, 0.15) is 42.6 Å². The number of aromatic nitrogens is 2. The van der Waals surface area contributed by atoms with Gasteiger partial charge in [0.15, 0.2) is 0 Å². The molecule has 0 atom stereocenters. The van der Waals surface area contributed by atoms with Crippen LogP contribution in [-0.2, 0) is 6.42 Å². The molecule has 122 valence electrons. The number of benzene rings is 1. The van der Waals surface area contributed by atoms with Crippen molar-refractivity contribution in [3.63, 3.8) is 0 Å². The smallest absolute Gasteiger partial charge is 0.256 e. The zero-order valence-corrected chi connectivity index (χ0v) is 14.0. The number of carbonyl (C=O) groups is 1. The minimum Gasteiger partial charge on any atom is -0.342 e. The van der Waals surface area contributed by atoms with Crippen LogP contribution in [0.2, 0.25) is 0 Å². The number of nitrogens with one attached hydrogen (secondary N) is 1. The van der Waals surface area contributed by atoms with Gasteiger partial charge < -0.3 is 10.2 Å². The third-order valence-corrected chi connectivity index (χ3v) is 3.71. The molecule has 23 heavy (non-hydrogen) atoms. The maximum Gasteiger partial charge on any atom is 0.256 e. The first-order valence-corrected chi connectivity index (χ1v) is 8.07. The van der Waals surface area contributed by atoms with Crippen LogP contribution in [0.5, 0.6) is 0 Å². The van der Waals surface area contributed by atoms with Gasteiger partial charge in [0.25, 0.3) is 5.91 Å². The summed E-state index contributed by atoms with van der Waals surface area (Å²) >= 11 is 0. The molecule has 5 heteroatoms. The Kier molecular flexibility index (Phi) is 6.09. The number of anilines is 2. The van der Waals surface area contributed by atoms with Gasteiger partial charge in [-0.3, -0.25) is 4.79 Å². The molecule has 0 saturated carbocycles. The van der Waals surface area contributed by atoms with E-state index in [1.807, 2.05) is 12.1 Å². The Morgan fingerprint density at radius 3 is 2.35 bits per heavy atom. The number of carbonyl (C=O) groups excluding carboxylic acids is 1. The third kappa shape index (κ3) is 4.77. The second kappa shape index (κ2) is 8.27. The van der Waals surface area contributed by atoms with E-state index in [0.29, 0.717) is 11.5 Å². The second-order valence-corrected chi connectivity index (χ2v) is 5.55. The van der Waals surface area contributed by atoms with E-state index in [9.17, 15) is 4.79 Å². The van der Waals surface area contributed by atoms with E-state index in [-0.39, 0.29) is 5.91 Å². The first-order valence-electron chi connectivity index (χ1n) is 8.07. The number of hydrogen-bond donors (Lipinski definition) is 1. The summed E-state index contributed by atoms with van der Waals surface area (Å²) in [5, 5.41) is 3.14. The highest BCUT2D eigenvalue weighted by molar-refractivity contribution is 5.93. The molecule has 0 aliphatic carbocycles. The predicted molar refractivity (Wildman–Crippen MR) is 93.0 cm³/mol. The number of unbranched alkanes of at least 4 members (excludes halogenated alkanes) is 1. The number of hydrogen-bond acceptors (Lipinski definition) is 4. The van der Waals surface area contributed by atoms with Gasteiger partial charge in [0.1, 0.15) is 0 Å². The Morgan fingerprint density at radius 1 is 1.13 bits per heavy atom. The van der Waals surface area contributed by atoms with Crippen molar-refractivity contribution in [3.8, 4) is 0 Å². The number of rotatable bonds is 7. The van der Waals surface area contributed by atoms with Crippen LogP contribution in [0.25, 0.3) is 0 Å². The van der Waals surface area contributed by atoms with Crippen LogP contribution in [0.4, 0.5) is 11.6 Å². The molecule has 5 nitrogen and oxygen atoms in total. The van der Waals surface area contributed by atoms with Gasteiger partial charge in [-0.25, -0.2) is 9.97 Å². The molecule has 0 fully saturated rings. The molecule has 1 aromatic heterocycles. The number of aryl methyl sites for hydroxylation is 1. The quantitative estimate of drug-likeness (QED) is 0.847. The summed E-state index contributed by atoms with van der Waals surface area (Å²) in [5.74, 6) is 0.444. The van der Waals surface area contributed by atoms with Crippen molar-refractivity contribution in [2.24, 2.45) is 0 Å². The topological polar surface area (TPSA) is 58.1 Å². The molecular formula is C18H24N4O. The van der Waals surface area contributed by atoms with Crippen LogP contribution in [0.15, 0.2) is 36.7 Å². The summed E-state index contributed by atoms with van der Waals surface area (Å²) in [5.41, 5.74) is 2.73. The zero-order valence-electron chi connectivity index (χ0n) is 14.0. The van der Waals surface area contributed by atoms with Crippen molar-refractivity contribution in [1.82, 2.24) is 14.9 Å². The maximum absolute atomic E-state index is 12.2. The lowest BCUT2D eigenvalue weighted by Crippen LogP contribution is -2.27.